The Labute approximate surface area is 105 Å². The van der Waals surface area contributed by atoms with Crippen LogP contribution in [0.15, 0.2) is 11.0 Å². The van der Waals surface area contributed by atoms with Crippen LogP contribution in [-0.4, -0.2) is 27.4 Å². The molecule has 2 N–H and O–H groups in total. The molecule has 1 amide bonds. The molecule has 5 nitrogen and oxygen atoms in total. The SMILES string of the molecule is CCNC(=O)CNS(=O)(=O)c1cc(C)sc1C. The van der Waals surface area contributed by atoms with E-state index in [-0.39, 0.29) is 17.3 Å². The normalized spacial score (nSPS) is 11.5. The van der Waals surface area contributed by atoms with Crippen molar-refractivity contribution in [3.05, 3.63) is 15.8 Å². The fraction of sp³-hybridized carbons (Fsp3) is 0.500. The van der Waals surface area contributed by atoms with Gasteiger partial charge >= 0.3 is 0 Å². The fourth-order valence-electron chi connectivity index (χ4n) is 1.37. The first-order chi connectivity index (χ1) is 7.86. The van der Waals surface area contributed by atoms with E-state index in [4.69, 9.17) is 0 Å². The van der Waals surface area contributed by atoms with Gasteiger partial charge in [-0.3, -0.25) is 4.79 Å². The van der Waals surface area contributed by atoms with E-state index in [0.29, 0.717) is 6.54 Å². The fourth-order valence-corrected chi connectivity index (χ4v) is 3.91. The van der Waals surface area contributed by atoms with E-state index in [9.17, 15) is 13.2 Å². The number of carbonyl (C=O) groups excluding carboxylic acids is 1. The van der Waals surface area contributed by atoms with E-state index in [1.54, 1.807) is 19.9 Å². The highest BCUT2D eigenvalue weighted by Crippen LogP contribution is 2.24. The van der Waals surface area contributed by atoms with Gasteiger partial charge in [-0.15, -0.1) is 11.3 Å². The van der Waals surface area contributed by atoms with Crippen molar-refractivity contribution < 1.29 is 13.2 Å². The Morgan fingerprint density at radius 3 is 2.53 bits per heavy atom. The molecule has 0 saturated heterocycles. The van der Waals surface area contributed by atoms with Crippen LogP contribution in [-0.2, 0) is 14.8 Å². The monoisotopic (exact) mass is 276 g/mol. The van der Waals surface area contributed by atoms with Crippen LogP contribution >= 0.6 is 11.3 Å². The number of hydrogen-bond donors (Lipinski definition) is 2. The average molecular weight is 276 g/mol. The zero-order chi connectivity index (χ0) is 13.1. The minimum absolute atomic E-state index is 0.232. The van der Waals surface area contributed by atoms with Gasteiger partial charge in [-0.05, 0) is 26.8 Å². The highest BCUT2D eigenvalue weighted by Gasteiger charge is 2.19. The number of carbonyl (C=O) groups is 1. The molecule has 1 heterocycles. The maximum Gasteiger partial charge on any atom is 0.242 e. The molecule has 7 heteroatoms. The first-order valence-corrected chi connectivity index (χ1v) is 7.50. The van der Waals surface area contributed by atoms with Crippen molar-refractivity contribution in [1.29, 1.82) is 0 Å². The quantitative estimate of drug-likeness (QED) is 0.834. The maximum absolute atomic E-state index is 11.9. The summed E-state index contributed by atoms with van der Waals surface area (Å²) < 4.78 is 26.1. The number of aryl methyl sites for hydroxylation is 2. The van der Waals surface area contributed by atoms with Crippen LogP contribution in [0.3, 0.4) is 0 Å². The standard InChI is InChI=1S/C10H16N2O3S2/c1-4-11-10(13)6-12-17(14,15)9-5-7(2)16-8(9)3/h5,12H,4,6H2,1-3H3,(H,11,13). The molecule has 1 aromatic rings. The average Bonchev–Trinajstić information content (AvgIpc) is 2.56. The minimum atomic E-state index is -3.58. The van der Waals surface area contributed by atoms with Gasteiger partial charge in [-0.25, -0.2) is 13.1 Å². The van der Waals surface area contributed by atoms with Gasteiger partial charge in [0.05, 0.1) is 11.4 Å². The number of likely N-dealkylation sites (N-methyl/N-ethyl adjacent to an activating group) is 1. The lowest BCUT2D eigenvalue weighted by atomic mass is 10.4. The molecular weight excluding hydrogens is 260 g/mol. The summed E-state index contributed by atoms with van der Waals surface area (Å²) in [5.74, 6) is -0.333. The van der Waals surface area contributed by atoms with Gasteiger partial charge in [0, 0.05) is 16.3 Å². The lowest BCUT2D eigenvalue weighted by Gasteiger charge is -2.06. The Morgan fingerprint density at radius 2 is 2.06 bits per heavy atom. The van der Waals surface area contributed by atoms with Crippen molar-refractivity contribution in [3.63, 3.8) is 0 Å². The summed E-state index contributed by atoms with van der Waals surface area (Å²) >= 11 is 1.42. The molecule has 17 heavy (non-hydrogen) atoms. The second-order valence-corrected chi connectivity index (χ2v) is 6.75. The zero-order valence-electron chi connectivity index (χ0n) is 10.0. The Hall–Kier alpha value is -0.920. The Kier molecular flexibility index (Phi) is 4.67. The highest BCUT2D eigenvalue weighted by atomic mass is 32.2. The maximum atomic E-state index is 11.9. The van der Waals surface area contributed by atoms with E-state index in [1.165, 1.54) is 11.3 Å². The van der Waals surface area contributed by atoms with Gasteiger partial charge < -0.3 is 5.32 Å². The van der Waals surface area contributed by atoms with Crippen LogP contribution in [0.1, 0.15) is 16.7 Å². The van der Waals surface area contributed by atoms with Gasteiger partial charge in [0.1, 0.15) is 0 Å². The molecule has 0 saturated carbocycles. The van der Waals surface area contributed by atoms with Crippen LogP contribution in [0.5, 0.6) is 0 Å². The zero-order valence-corrected chi connectivity index (χ0v) is 11.7. The van der Waals surface area contributed by atoms with Gasteiger partial charge in [0.15, 0.2) is 0 Å². The smallest absolute Gasteiger partial charge is 0.242 e. The molecule has 0 aromatic carbocycles. The van der Waals surface area contributed by atoms with Crippen LogP contribution in [0.4, 0.5) is 0 Å². The van der Waals surface area contributed by atoms with E-state index in [1.807, 2.05) is 6.92 Å². The number of hydrogen-bond acceptors (Lipinski definition) is 4. The third-order valence-electron chi connectivity index (χ3n) is 2.08. The molecular formula is C10H16N2O3S2. The van der Waals surface area contributed by atoms with Crippen molar-refractivity contribution >= 4 is 27.3 Å². The molecule has 0 aliphatic heterocycles. The Bertz CT molecular complexity index is 506. The molecule has 0 unspecified atom stereocenters. The van der Waals surface area contributed by atoms with E-state index in [2.05, 4.69) is 10.0 Å². The minimum Gasteiger partial charge on any atom is -0.355 e. The largest absolute Gasteiger partial charge is 0.355 e. The summed E-state index contributed by atoms with van der Waals surface area (Å²) in [5, 5.41) is 2.53. The van der Waals surface area contributed by atoms with E-state index < -0.39 is 10.0 Å². The number of rotatable bonds is 5. The van der Waals surface area contributed by atoms with Crippen molar-refractivity contribution in [2.75, 3.05) is 13.1 Å². The van der Waals surface area contributed by atoms with Crippen molar-refractivity contribution in [1.82, 2.24) is 10.0 Å². The second kappa shape index (κ2) is 5.61. The van der Waals surface area contributed by atoms with E-state index >= 15 is 0 Å². The summed E-state index contributed by atoms with van der Waals surface area (Å²) in [6, 6.07) is 1.61. The van der Waals surface area contributed by atoms with Gasteiger partial charge in [0.2, 0.25) is 15.9 Å². The Balaban J connectivity index is 2.76. The molecule has 0 aliphatic carbocycles. The molecule has 1 aromatic heterocycles. The summed E-state index contributed by atoms with van der Waals surface area (Å²) in [7, 11) is -3.58. The summed E-state index contributed by atoms with van der Waals surface area (Å²) in [6.07, 6.45) is 0. The number of sulfonamides is 1. The van der Waals surface area contributed by atoms with Crippen molar-refractivity contribution in [3.8, 4) is 0 Å². The van der Waals surface area contributed by atoms with Crippen LogP contribution in [0.25, 0.3) is 0 Å². The predicted octanol–water partition coefficient (Wildman–Crippen LogP) is 0.779. The van der Waals surface area contributed by atoms with Crippen LogP contribution in [0, 0.1) is 13.8 Å². The third kappa shape index (κ3) is 3.79. The number of thiophene rings is 1. The second-order valence-electron chi connectivity index (χ2n) is 3.56. The Morgan fingerprint density at radius 1 is 1.41 bits per heavy atom. The third-order valence-corrected chi connectivity index (χ3v) is 4.70. The first-order valence-electron chi connectivity index (χ1n) is 5.20. The topological polar surface area (TPSA) is 75.3 Å². The van der Waals surface area contributed by atoms with Crippen molar-refractivity contribution in [2.24, 2.45) is 0 Å². The number of nitrogens with one attached hydrogen (secondary N) is 2. The lowest BCUT2D eigenvalue weighted by molar-refractivity contribution is -0.119. The molecule has 0 atom stereocenters. The molecule has 0 fully saturated rings. The highest BCUT2D eigenvalue weighted by molar-refractivity contribution is 7.89. The first kappa shape index (κ1) is 14.1. The van der Waals surface area contributed by atoms with Crippen molar-refractivity contribution in [2.45, 2.75) is 25.7 Å². The van der Waals surface area contributed by atoms with Gasteiger partial charge in [-0.1, -0.05) is 0 Å². The summed E-state index contributed by atoms with van der Waals surface area (Å²) in [5.41, 5.74) is 0. The van der Waals surface area contributed by atoms with Crippen LogP contribution in [0.2, 0.25) is 0 Å². The molecule has 1 rings (SSSR count). The summed E-state index contributed by atoms with van der Waals surface area (Å²) in [4.78, 5) is 13.1. The molecule has 0 bridgehead atoms. The lowest BCUT2D eigenvalue weighted by Crippen LogP contribution is -2.36. The predicted molar refractivity (Wildman–Crippen MR) is 67.7 cm³/mol. The molecule has 0 spiro atoms. The van der Waals surface area contributed by atoms with E-state index in [0.717, 1.165) is 9.75 Å². The molecule has 0 aliphatic rings. The molecule has 96 valence electrons. The molecule has 0 radical (unpaired) electrons. The summed E-state index contributed by atoms with van der Waals surface area (Å²) in [6.45, 7) is 5.62. The van der Waals surface area contributed by atoms with Crippen LogP contribution < -0.4 is 10.0 Å². The van der Waals surface area contributed by atoms with Gasteiger partial charge in [-0.2, -0.15) is 0 Å². The van der Waals surface area contributed by atoms with Gasteiger partial charge in [0.25, 0.3) is 0 Å². The number of amides is 1.